The molecule has 0 saturated heterocycles. The fraction of sp³-hybridized carbons (Fsp3) is 0.185. The van der Waals surface area contributed by atoms with E-state index in [1.807, 2.05) is 66.1 Å². The van der Waals surface area contributed by atoms with Crippen LogP contribution in [0.4, 0.5) is 0 Å². The van der Waals surface area contributed by atoms with E-state index in [9.17, 15) is 9.90 Å². The fourth-order valence-electron chi connectivity index (χ4n) is 3.56. The maximum absolute atomic E-state index is 12.5. The second-order valence-electron chi connectivity index (χ2n) is 7.79. The van der Waals surface area contributed by atoms with Crippen molar-refractivity contribution in [2.45, 2.75) is 12.1 Å². The van der Waals surface area contributed by atoms with E-state index in [0.29, 0.717) is 23.2 Å². The zero-order chi connectivity index (χ0) is 26.9. The smallest absolute Gasteiger partial charge is 0.250 e. The van der Waals surface area contributed by atoms with Gasteiger partial charge < -0.3 is 19.3 Å². The number of methoxy groups -OCH3 is 2. The Morgan fingerprint density at radius 2 is 1.74 bits per heavy atom. The number of ether oxygens (including phenoxy) is 3. The van der Waals surface area contributed by atoms with E-state index in [1.54, 1.807) is 12.1 Å². The lowest BCUT2D eigenvalue weighted by molar-refractivity contribution is -0.118. The molecular formula is C27H27N5O5S. The Bertz CT molecular complexity index is 1380. The van der Waals surface area contributed by atoms with Gasteiger partial charge in [0.1, 0.15) is 5.75 Å². The first-order valence-electron chi connectivity index (χ1n) is 11.7. The zero-order valence-corrected chi connectivity index (χ0v) is 21.9. The summed E-state index contributed by atoms with van der Waals surface area (Å²) in [6.45, 7) is 2.51. The van der Waals surface area contributed by atoms with Crippen LogP contribution in [-0.2, 0) is 4.79 Å². The minimum Gasteiger partial charge on any atom is -0.502 e. The van der Waals surface area contributed by atoms with Crippen LogP contribution in [0.3, 0.4) is 0 Å². The van der Waals surface area contributed by atoms with Gasteiger partial charge in [0.25, 0.3) is 5.91 Å². The highest BCUT2D eigenvalue weighted by Gasteiger charge is 2.17. The van der Waals surface area contributed by atoms with Crippen LogP contribution in [0.5, 0.6) is 23.0 Å². The molecule has 0 atom stereocenters. The molecule has 196 valence electrons. The van der Waals surface area contributed by atoms with Gasteiger partial charge in [-0.05, 0) is 43.3 Å². The molecule has 1 heterocycles. The summed E-state index contributed by atoms with van der Waals surface area (Å²) in [5, 5.41) is 23.3. The Kier molecular flexibility index (Phi) is 8.83. The predicted molar refractivity (Wildman–Crippen MR) is 146 cm³/mol. The van der Waals surface area contributed by atoms with E-state index in [0.717, 1.165) is 17.0 Å². The van der Waals surface area contributed by atoms with Gasteiger partial charge in [0, 0.05) is 16.8 Å². The molecule has 0 aliphatic heterocycles. The van der Waals surface area contributed by atoms with Crippen molar-refractivity contribution in [3.63, 3.8) is 0 Å². The van der Waals surface area contributed by atoms with Crippen molar-refractivity contribution in [3.8, 4) is 40.1 Å². The van der Waals surface area contributed by atoms with E-state index < -0.39 is 0 Å². The van der Waals surface area contributed by atoms with E-state index in [-0.39, 0.29) is 28.9 Å². The number of phenolic OH excluding ortho intramolecular Hbond substituents is 1. The number of hydrogen-bond acceptors (Lipinski definition) is 9. The molecule has 0 saturated carbocycles. The summed E-state index contributed by atoms with van der Waals surface area (Å²) in [5.41, 5.74) is 4.82. The van der Waals surface area contributed by atoms with Crippen LogP contribution in [0.2, 0.25) is 0 Å². The quantitative estimate of drug-likeness (QED) is 0.166. The van der Waals surface area contributed by atoms with E-state index >= 15 is 0 Å². The van der Waals surface area contributed by atoms with Gasteiger partial charge in [-0.3, -0.25) is 9.36 Å². The number of amides is 1. The lowest BCUT2D eigenvalue weighted by atomic mass is 10.2. The molecule has 0 unspecified atom stereocenters. The minimum absolute atomic E-state index is 0.0590. The highest BCUT2D eigenvalue weighted by Crippen LogP contribution is 2.36. The van der Waals surface area contributed by atoms with Crippen LogP contribution in [0.15, 0.2) is 77.0 Å². The van der Waals surface area contributed by atoms with Gasteiger partial charge in [-0.25, -0.2) is 5.43 Å². The summed E-state index contributed by atoms with van der Waals surface area (Å²) >= 11 is 1.24. The number of nitrogens with zero attached hydrogens (tertiary/aromatic N) is 4. The van der Waals surface area contributed by atoms with Crippen molar-refractivity contribution in [3.05, 3.63) is 72.3 Å². The molecule has 0 bridgehead atoms. The predicted octanol–water partition coefficient (Wildman–Crippen LogP) is 4.30. The maximum atomic E-state index is 12.5. The van der Waals surface area contributed by atoms with E-state index in [2.05, 4.69) is 20.7 Å². The topological polar surface area (TPSA) is 120 Å². The van der Waals surface area contributed by atoms with Crippen LogP contribution in [-0.4, -0.2) is 58.6 Å². The van der Waals surface area contributed by atoms with Gasteiger partial charge >= 0.3 is 0 Å². The number of carbonyl (C=O) groups excluding carboxylic acids is 1. The summed E-state index contributed by atoms with van der Waals surface area (Å²) in [6.07, 6.45) is 1.43. The molecule has 0 aliphatic carbocycles. The lowest BCUT2D eigenvalue weighted by Gasteiger charge is -2.11. The van der Waals surface area contributed by atoms with Crippen molar-refractivity contribution in [1.82, 2.24) is 20.2 Å². The number of nitrogens with one attached hydrogen (secondary N) is 1. The van der Waals surface area contributed by atoms with Crippen molar-refractivity contribution < 1.29 is 24.1 Å². The first kappa shape index (κ1) is 26.6. The van der Waals surface area contributed by atoms with Crippen LogP contribution in [0.1, 0.15) is 12.5 Å². The Labute approximate surface area is 224 Å². The molecular weight excluding hydrogens is 506 g/mol. The minimum atomic E-state index is -0.327. The number of aromatic hydroxyl groups is 1. The highest BCUT2D eigenvalue weighted by atomic mass is 32.2. The molecule has 11 heteroatoms. The molecule has 4 aromatic rings. The summed E-state index contributed by atoms with van der Waals surface area (Å²) in [6, 6.07) is 20.5. The molecule has 0 radical (unpaired) electrons. The van der Waals surface area contributed by atoms with Gasteiger partial charge in [-0.15, -0.1) is 10.2 Å². The van der Waals surface area contributed by atoms with Crippen LogP contribution < -0.4 is 19.6 Å². The number of carbonyl (C=O) groups is 1. The van der Waals surface area contributed by atoms with Crippen LogP contribution >= 0.6 is 11.8 Å². The number of benzene rings is 3. The molecule has 2 N–H and O–H groups in total. The fourth-order valence-corrected chi connectivity index (χ4v) is 4.30. The summed E-state index contributed by atoms with van der Waals surface area (Å²) in [4.78, 5) is 12.5. The monoisotopic (exact) mass is 533 g/mol. The third-order valence-electron chi connectivity index (χ3n) is 5.31. The molecule has 4 rings (SSSR count). The number of thioether (sulfide) groups is 1. The van der Waals surface area contributed by atoms with Gasteiger partial charge in [0.05, 0.1) is 32.8 Å². The Balaban J connectivity index is 1.49. The number of hydrazone groups is 1. The van der Waals surface area contributed by atoms with Gasteiger partial charge in [0.2, 0.25) is 5.75 Å². The standard InChI is InChI=1S/C27H27N5O5S/c1-4-37-21-12-10-20(11-13-21)32-26(19-8-6-5-7-9-19)30-31-27(32)38-17-24(33)29-28-16-18-14-22(35-2)25(34)23(15-18)36-3/h5-16,34H,4,17H2,1-3H3,(H,29,33). The summed E-state index contributed by atoms with van der Waals surface area (Å²) in [5.74, 6) is 1.51. The lowest BCUT2D eigenvalue weighted by Crippen LogP contribution is -2.20. The summed E-state index contributed by atoms with van der Waals surface area (Å²) < 4.78 is 17.7. The second-order valence-corrected chi connectivity index (χ2v) is 8.73. The number of aromatic nitrogens is 3. The Morgan fingerprint density at radius 1 is 1.05 bits per heavy atom. The second kappa shape index (κ2) is 12.6. The number of rotatable bonds is 11. The zero-order valence-electron chi connectivity index (χ0n) is 21.1. The molecule has 3 aromatic carbocycles. The van der Waals surface area contributed by atoms with Crippen LogP contribution in [0.25, 0.3) is 17.1 Å². The average molecular weight is 534 g/mol. The van der Waals surface area contributed by atoms with Crippen molar-refractivity contribution in [1.29, 1.82) is 0 Å². The third kappa shape index (κ3) is 6.24. The molecule has 0 aliphatic rings. The van der Waals surface area contributed by atoms with Gasteiger partial charge in [-0.2, -0.15) is 5.10 Å². The molecule has 1 aromatic heterocycles. The van der Waals surface area contributed by atoms with Crippen molar-refractivity contribution >= 4 is 23.9 Å². The highest BCUT2D eigenvalue weighted by molar-refractivity contribution is 7.99. The SMILES string of the molecule is CCOc1ccc(-n2c(SCC(=O)NN=Cc3cc(OC)c(O)c(OC)c3)nnc2-c2ccccc2)cc1. The first-order chi connectivity index (χ1) is 18.5. The Morgan fingerprint density at radius 3 is 2.37 bits per heavy atom. The van der Waals surface area contributed by atoms with Crippen molar-refractivity contribution in [2.24, 2.45) is 5.10 Å². The van der Waals surface area contributed by atoms with Gasteiger partial charge in [-0.1, -0.05) is 42.1 Å². The molecule has 1 amide bonds. The summed E-state index contributed by atoms with van der Waals surface area (Å²) in [7, 11) is 2.87. The normalized spacial score (nSPS) is 10.9. The van der Waals surface area contributed by atoms with Gasteiger partial charge in [0.15, 0.2) is 22.5 Å². The molecule has 10 nitrogen and oxygen atoms in total. The molecule has 38 heavy (non-hydrogen) atoms. The van der Waals surface area contributed by atoms with E-state index in [1.165, 1.54) is 32.2 Å². The third-order valence-corrected chi connectivity index (χ3v) is 6.24. The number of hydrogen-bond donors (Lipinski definition) is 2. The Hall–Kier alpha value is -4.51. The first-order valence-corrected chi connectivity index (χ1v) is 12.7. The van der Waals surface area contributed by atoms with Crippen LogP contribution in [0, 0.1) is 0 Å². The number of phenols is 1. The maximum Gasteiger partial charge on any atom is 0.250 e. The molecule has 0 fully saturated rings. The molecule has 0 spiro atoms. The average Bonchev–Trinajstić information content (AvgIpc) is 3.37. The van der Waals surface area contributed by atoms with E-state index in [4.69, 9.17) is 14.2 Å². The largest absolute Gasteiger partial charge is 0.502 e. The van der Waals surface area contributed by atoms with Crippen molar-refractivity contribution in [2.75, 3.05) is 26.6 Å².